The standard InChI is InChI=1S/C13H18N4O3S/c1-8-5-11(14-4)6-9(2)13(8)21(18,19)15-7-12-16-10(3)17-20-12/h5-6,14-15H,7H2,1-4H3. The molecule has 2 aromatic rings. The van der Waals surface area contributed by atoms with Crippen molar-refractivity contribution in [2.75, 3.05) is 12.4 Å². The molecule has 0 unspecified atom stereocenters. The van der Waals surface area contributed by atoms with Crippen molar-refractivity contribution in [3.05, 3.63) is 35.0 Å². The van der Waals surface area contributed by atoms with Crippen LogP contribution in [0.3, 0.4) is 0 Å². The highest BCUT2D eigenvalue weighted by atomic mass is 32.2. The minimum absolute atomic E-state index is 0.0319. The number of hydrogen-bond acceptors (Lipinski definition) is 6. The molecule has 0 aliphatic heterocycles. The first-order valence-electron chi connectivity index (χ1n) is 6.41. The number of hydrogen-bond donors (Lipinski definition) is 2. The van der Waals surface area contributed by atoms with Gasteiger partial charge in [0.1, 0.15) is 0 Å². The number of nitrogens with one attached hydrogen (secondary N) is 2. The van der Waals surface area contributed by atoms with E-state index < -0.39 is 10.0 Å². The Labute approximate surface area is 123 Å². The van der Waals surface area contributed by atoms with Crippen LogP contribution in [0.25, 0.3) is 0 Å². The van der Waals surface area contributed by atoms with Crippen LogP contribution in [-0.2, 0) is 16.6 Å². The largest absolute Gasteiger partial charge is 0.388 e. The van der Waals surface area contributed by atoms with Crippen molar-refractivity contribution >= 4 is 15.7 Å². The maximum atomic E-state index is 12.4. The molecule has 8 heteroatoms. The summed E-state index contributed by atoms with van der Waals surface area (Å²) in [4.78, 5) is 4.24. The summed E-state index contributed by atoms with van der Waals surface area (Å²) in [6.45, 7) is 5.17. The third-order valence-corrected chi connectivity index (χ3v) is 4.71. The molecule has 0 saturated carbocycles. The average Bonchev–Trinajstić information content (AvgIpc) is 2.81. The molecular formula is C13H18N4O3S. The first-order chi connectivity index (χ1) is 9.83. The minimum Gasteiger partial charge on any atom is -0.388 e. The molecule has 0 aliphatic rings. The molecule has 0 bridgehead atoms. The van der Waals surface area contributed by atoms with Crippen molar-refractivity contribution in [1.29, 1.82) is 0 Å². The van der Waals surface area contributed by atoms with Crippen LogP contribution in [0.1, 0.15) is 22.8 Å². The molecule has 0 saturated heterocycles. The number of nitrogens with zero attached hydrogens (tertiary/aromatic N) is 2. The van der Waals surface area contributed by atoms with Gasteiger partial charge in [-0.05, 0) is 44.0 Å². The van der Waals surface area contributed by atoms with Gasteiger partial charge in [-0.15, -0.1) is 0 Å². The molecular weight excluding hydrogens is 292 g/mol. The number of aromatic nitrogens is 2. The van der Waals surface area contributed by atoms with Crippen molar-refractivity contribution in [2.24, 2.45) is 0 Å². The van der Waals surface area contributed by atoms with Crippen LogP contribution in [0.15, 0.2) is 21.6 Å². The lowest BCUT2D eigenvalue weighted by Gasteiger charge is -2.13. The SMILES string of the molecule is CNc1cc(C)c(S(=O)(=O)NCc2nc(C)no2)c(C)c1. The van der Waals surface area contributed by atoms with Gasteiger partial charge in [0, 0.05) is 12.7 Å². The molecule has 1 heterocycles. The molecule has 0 spiro atoms. The van der Waals surface area contributed by atoms with Crippen LogP contribution < -0.4 is 10.0 Å². The molecule has 1 aromatic heterocycles. The zero-order valence-corrected chi connectivity index (χ0v) is 13.2. The molecule has 114 valence electrons. The summed E-state index contributed by atoms with van der Waals surface area (Å²) in [6, 6.07) is 3.58. The predicted octanol–water partition coefficient (Wildman–Crippen LogP) is 1.52. The lowest BCUT2D eigenvalue weighted by atomic mass is 10.1. The van der Waals surface area contributed by atoms with Gasteiger partial charge >= 0.3 is 0 Å². The molecule has 2 N–H and O–H groups in total. The van der Waals surface area contributed by atoms with E-state index in [2.05, 4.69) is 20.2 Å². The molecule has 0 amide bonds. The van der Waals surface area contributed by atoms with E-state index in [1.165, 1.54) is 0 Å². The van der Waals surface area contributed by atoms with E-state index in [1.807, 2.05) is 0 Å². The highest BCUT2D eigenvalue weighted by Gasteiger charge is 2.20. The first kappa shape index (κ1) is 15.5. The Morgan fingerprint density at radius 3 is 2.29 bits per heavy atom. The van der Waals surface area contributed by atoms with Crippen LogP contribution in [0.5, 0.6) is 0 Å². The molecule has 21 heavy (non-hydrogen) atoms. The van der Waals surface area contributed by atoms with Crippen molar-refractivity contribution in [2.45, 2.75) is 32.2 Å². The Kier molecular flexibility index (Phi) is 4.29. The number of benzene rings is 1. The van der Waals surface area contributed by atoms with E-state index in [1.54, 1.807) is 40.0 Å². The van der Waals surface area contributed by atoms with Crippen LogP contribution >= 0.6 is 0 Å². The van der Waals surface area contributed by atoms with Crippen LogP contribution in [-0.4, -0.2) is 25.6 Å². The molecule has 0 fully saturated rings. The summed E-state index contributed by atoms with van der Waals surface area (Å²) < 4.78 is 32.2. The van der Waals surface area contributed by atoms with Crippen molar-refractivity contribution in [3.8, 4) is 0 Å². The van der Waals surface area contributed by atoms with Gasteiger partial charge in [0.15, 0.2) is 5.82 Å². The fourth-order valence-electron chi connectivity index (χ4n) is 2.16. The third-order valence-electron chi connectivity index (χ3n) is 3.00. The fourth-order valence-corrected chi connectivity index (χ4v) is 3.58. The third kappa shape index (κ3) is 3.40. The Hall–Kier alpha value is -1.93. The van der Waals surface area contributed by atoms with E-state index in [9.17, 15) is 8.42 Å². The quantitative estimate of drug-likeness (QED) is 0.869. The smallest absolute Gasteiger partial charge is 0.241 e. The zero-order valence-electron chi connectivity index (χ0n) is 12.4. The Morgan fingerprint density at radius 2 is 1.81 bits per heavy atom. The number of sulfonamides is 1. The maximum Gasteiger partial charge on any atom is 0.241 e. The molecule has 0 atom stereocenters. The van der Waals surface area contributed by atoms with E-state index >= 15 is 0 Å². The number of rotatable bonds is 5. The van der Waals surface area contributed by atoms with Gasteiger partial charge in [-0.25, -0.2) is 13.1 Å². The monoisotopic (exact) mass is 310 g/mol. The van der Waals surface area contributed by atoms with Gasteiger partial charge in [0.2, 0.25) is 15.9 Å². The van der Waals surface area contributed by atoms with Gasteiger partial charge < -0.3 is 9.84 Å². The van der Waals surface area contributed by atoms with Gasteiger partial charge in [-0.1, -0.05) is 5.16 Å². The summed E-state index contributed by atoms with van der Waals surface area (Å²) >= 11 is 0. The Morgan fingerprint density at radius 1 is 1.19 bits per heavy atom. The normalized spacial score (nSPS) is 11.6. The summed E-state index contributed by atoms with van der Waals surface area (Å²) in [5.74, 6) is 0.702. The maximum absolute atomic E-state index is 12.4. The molecule has 2 rings (SSSR count). The van der Waals surface area contributed by atoms with E-state index in [0.29, 0.717) is 17.0 Å². The van der Waals surface area contributed by atoms with Crippen molar-refractivity contribution < 1.29 is 12.9 Å². The Bertz CT molecular complexity index is 730. The molecule has 7 nitrogen and oxygen atoms in total. The average molecular weight is 310 g/mol. The van der Waals surface area contributed by atoms with Crippen molar-refractivity contribution in [1.82, 2.24) is 14.9 Å². The second-order valence-corrected chi connectivity index (χ2v) is 6.45. The molecule has 1 aromatic carbocycles. The van der Waals surface area contributed by atoms with Crippen LogP contribution in [0, 0.1) is 20.8 Å². The fraction of sp³-hybridized carbons (Fsp3) is 0.385. The predicted molar refractivity (Wildman–Crippen MR) is 78.5 cm³/mol. The van der Waals surface area contributed by atoms with Gasteiger partial charge in [0.25, 0.3) is 0 Å². The zero-order chi connectivity index (χ0) is 15.6. The lowest BCUT2D eigenvalue weighted by molar-refractivity contribution is 0.372. The second kappa shape index (κ2) is 5.82. The van der Waals surface area contributed by atoms with Gasteiger partial charge in [0.05, 0.1) is 11.4 Å². The highest BCUT2D eigenvalue weighted by Crippen LogP contribution is 2.24. The first-order valence-corrected chi connectivity index (χ1v) is 7.89. The van der Waals surface area contributed by atoms with E-state index in [-0.39, 0.29) is 17.3 Å². The lowest BCUT2D eigenvalue weighted by Crippen LogP contribution is -2.25. The van der Waals surface area contributed by atoms with E-state index in [0.717, 1.165) is 5.69 Å². The summed E-state index contributed by atoms with van der Waals surface area (Å²) in [7, 11) is -1.85. The summed E-state index contributed by atoms with van der Waals surface area (Å²) in [6.07, 6.45) is 0. The topological polar surface area (TPSA) is 97.1 Å². The van der Waals surface area contributed by atoms with Crippen LogP contribution in [0.4, 0.5) is 5.69 Å². The molecule has 0 aliphatic carbocycles. The van der Waals surface area contributed by atoms with Crippen LogP contribution in [0.2, 0.25) is 0 Å². The number of aryl methyl sites for hydroxylation is 3. The highest BCUT2D eigenvalue weighted by molar-refractivity contribution is 7.89. The second-order valence-electron chi connectivity index (χ2n) is 4.75. The summed E-state index contributed by atoms with van der Waals surface area (Å²) in [5, 5.41) is 6.62. The summed E-state index contributed by atoms with van der Waals surface area (Å²) in [5.41, 5.74) is 2.22. The van der Waals surface area contributed by atoms with Gasteiger partial charge in [-0.3, -0.25) is 0 Å². The molecule has 0 radical (unpaired) electrons. The minimum atomic E-state index is -3.64. The van der Waals surface area contributed by atoms with Gasteiger partial charge in [-0.2, -0.15) is 4.98 Å². The van der Waals surface area contributed by atoms with Crippen molar-refractivity contribution in [3.63, 3.8) is 0 Å². The Balaban J connectivity index is 2.27. The number of anilines is 1. The van der Waals surface area contributed by atoms with E-state index in [4.69, 9.17) is 4.52 Å².